The van der Waals surface area contributed by atoms with E-state index in [4.69, 9.17) is 0 Å². The Morgan fingerprint density at radius 2 is 2.08 bits per heavy atom. The third kappa shape index (κ3) is 2.23. The molecule has 2 N–H and O–H groups in total. The van der Waals surface area contributed by atoms with Crippen molar-refractivity contribution >= 4 is 27.5 Å². The van der Waals surface area contributed by atoms with Crippen LogP contribution in [-0.4, -0.2) is 26.3 Å². The molecule has 0 fully saturated rings. The standard InChI is InChI=1S/C18H17N5O/c1-3-19-17-13-5-4-11(12-9-21-23(2)10-12)8-14(13)16-15(22-17)6-7-20-18(16)24/h4-10H,3H2,1-2H3,(H,19,22)(H,20,24). The van der Waals surface area contributed by atoms with E-state index in [0.717, 1.165) is 34.3 Å². The summed E-state index contributed by atoms with van der Waals surface area (Å²) in [5.74, 6) is 0.795. The van der Waals surface area contributed by atoms with Crippen molar-refractivity contribution in [3.8, 4) is 11.1 Å². The van der Waals surface area contributed by atoms with Gasteiger partial charge in [-0.3, -0.25) is 9.48 Å². The fraction of sp³-hybridized carbons (Fsp3) is 0.167. The van der Waals surface area contributed by atoms with Gasteiger partial charge in [0.15, 0.2) is 0 Å². The lowest BCUT2D eigenvalue weighted by atomic mass is 10.0. The number of nitrogens with one attached hydrogen (secondary N) is 2. The number of anilines is 1. The van der Waals surface area contributed by atoms with Gasteiger partial charge in [-0.25, -0.2) is 4.98 Å². The molecular formula is C18H17N5O. The number of H-pyrrole nitrogens is 1. The van der Waals surface area contributed by atoms with Gasteiger partial charge in [-0.15, -0.1) is 0 Å². The molecule has 0 saturated heterocycles. The highest BCUT2D eigenvalue weighted by atomic mass is 16.1. The van der Waals surface area contributed by atoms with Gasteiger partial charge in [0.2, 0.25) is 0 Å². The summed E-state index contributed by atoms with van der Waals surface area (Å²) in [5, 5.41) is 9.95. The van der Waals surface area contributed by atoms with Crippen LogP contribution in [0, 0.1) is 0 Å². The molecule has 0 aliphatic heterocycles. The Morgan fingerprint density at radius 3 is 2.83 bits per heavy atom. The summed E-state index contributed by atoms with van der Waals surface area (Å²) in [5.41, 5.74) is 2.59. The minimum atomic E-state index is -0.128. The zero-order chi connectivity index (χ0) is 16.7. The molecule has 3 heterocycles. The molecule has 6 nitrogen and oxygen atoms in total. The number of aromatic nitrogens is 4. The first-order valence-corrected chi connectivity index (χ1v) is 7.85. The van der Waals surface area contributed by atoms with Crippen molar-refractivity contribution in [1.29, 1.82) is 0 Å². The number of rotatable bonds is 3. The second-order valence-corrected chi connectivity index (χ2v) is 5.72. The van der Waals surface area contributed by atoms with Crippen molar-refractivity contribution in [2.45, 2.75) is 6.92 Å². The van der Waals surface area contributed by atoms with Crippen LogP contribution in [-0.2, 0) is 7.05 Å². The van der Waals surface area contributed by atoms with Gasteiger partial charge >= 0.3 is 0 Å². The first kappa shape index (κ1) is 14.4. The van der Waals surface area contributed by atoms with Gasteiger partial charge in [0.25, 0.3) is 5.56 Å². The fourth-order valence-corrected chi connectivity index (χ4v) is 3.01. The fourth-order valence-electron chi connectivity index (χ4n) is 3.01. The number of hydrogen-bond donors (Lipinski definition) is 2. The normalized spacial score (nSPS) is 11.2. The van der Waals surface area contributed by atoms with Crippen molar-refractivity contribution in [3.05, 3.63) is 53.2 Å². The maximum atomic E-state index is 12.4. The molecular weight excluding hydrogens is 302 g/mol. The molecule has 3 aromatic heterocycles. The number of aryl methyl sites for hydroxylation is 1. The Morgan fingerprint density at radius 1 is 1.21 bits per heavy atom. The zero-order valence-electron chi connectivity index (χ0n) is 13.5. The third-order valence-electron chi connectivity index (χ3n) is 4.10. The molecule has 0 saturated carbocycles. The van der Waals surface area contributed by atoms with Gasteiger partial charge in [-0.05, 0) is 24.6 Å². The molecule has 0 aliphatic carbocycles. The van der Waals surface area contributed by atoms with Gasteiger partial charge in [-0.2, -0.15) is 5.10 Å². The van der Waals surface area contributed by atoms with E-state index in [-0.39, 0.29) is 5.56 Å². The highest BCUT2D eigenvalue weighted by molar-refractivity contribution is 6.10. The van der Waals surface area contributed by atoms with Crippen LogP contribution in [0.15, 0.2) is 47.7 Å². The first-order valence-electron chi connectivity index (χ1n) is 7.85. The number of aromatic amines is 1. The molecule has 0 spiro atoms. The van der Waals surface area contributed by atoms with E-state index < -0.39 is 0 Å². The van der Waals surface area contributed by atoms with Crippen molar-refractivity contribution in [2.75, 3.05) is 11.9 Å². The Bertz CT molecular complexity index is 1110. The van der Waals surface area contributed by atoms with Gasteiger partial charge < -0.3 is 10.3 Å². The second-order valence-electron chi connectivity index (χ2n) is 5.72. The van der Waals surface area contributed by atoms with Crippen LogP contribution >= 0.6 is 0 Å². The molecule has 6 heteroatoms. The smallest absolute Gasteiger partial charge is 0.258 e. The van der Waals surface area contributed by atoms with Crippen LogP contribution in [0.3, 0.4) is 0 Å². The van der Waals surface area contributed by atoms with E-state index in [1.165, 1.54) is 0 Å². The summed E-state index contributed by atoms with van der Waals surface area (Å²) in [7, 11) is 1.89. The molecule has 24 heavy (non-hydrogen) atoms. The van der Waals surface area contributed by atoms with Crippen molar-refractivity contribution in [1.82, 2.24) is 19.7 Å². The monoisotopic (exact) mass is 319 g/mol. The van der Waals surface area contributed by atoms with Gasteiger partial charge in [-0.1, -0.05) is 12.1 Å². The Kier molecular flexibility index (Phi) is 3.30. The number of nitrogens with zero attached hydrogens (tertiary/aromatic N) is 3. The van der Waals surface area contributed by atoms with E-state index in [1.54, 1.807) is 10.9 Å². The molecule has 120 valence electrons. The largest absolute Gasteiger partial charge is 0.370 e. The first-order chi connectivity index (χ1) is 11.7. The van der Waals surface area contributed by atoms with E-state index in [0.29, 0.717) is 10.9 Å². The Labute approximate surface area is 138 Å². The maximum absolute atomic E-state index is 12.4. The molecule has 4 rings (SSSR count). The zero-order valence-corrected chi connectivity index (χ0v) is 13.5. The van der Waals surface area contributed by atoms with Gasteiger partial charge in [0.05, 0.1) is 17.1 Å². The van der Waals surface area contributed by atoms with E-state index in [9.17, 15) is 4.79 Å². The molecule has 0 unspecified atom stereocenters. The minimum absolute atomic E-state index is 0.128. The Balaban J connectivity index is 2.10. The van der Waals surface area contributed by atoms with E-state index >= 15 is 0 Å². The molecule has 0 bridgehead atoms. The number of benzene rings is 1. The lowest BCUT2D eigenvalue weighted by Crippen LogP contribution is -2.08. The van der Waals surface area contributed by atoms with E-state index in [1.807, 2.05) is 50.6 Å². The van der Waals surface area contributed by atoms with Crippen LogP contribution in [0.2, 0.25) is 0 Å². The highest BCUT2D eigenvalue weighted by Crippen LogP contribution is 2.31. The van der Waals surface area contributed by atoms with Gasteiger partial charge in [0.1, 0.15) is 5.82 Å². The number of hydrogen-bond acceptors (Lipinski definition) is 4. The van der Waals surface area contributed by atoms with E-state index in [2.05, 4.69) is 20.4 Å². The van der Waals surface area contributed by atoms with Crippen LogP contribution < -0.4 is 10.9 Å². The SMILES string of the molecule is CCNc1nc2cc[nH]c(=O)c2c2cc(-c3cnn(C)c3)ccc12. The van der Waals surface area contributed by atoms with Crippen LogP contribution in [0.4, 0.5) is 5.82 Å². The molecule has 0 radical (unpaired) electrons. The molecule has 1 aromatic carbocycles. The summed E-state index contributed by atoms with van der Waals surface area (Å²) in [6, 6.07) is 7.90. The summed E-state index contributed by atoms with van der Waals surface area (Å²) >= 11 is 0. The molecule has 4 aromatic rings. The third-order valence-corrected chi connectivity index (χ3v) is 4.10. The molecule has 0 amide bonds. The lowest BCUT2D eigenvalue weighted by molar-refractivity contribution is 0.768. The second kappa shape index (κ2) is 5.49. The number of pyridine rings is 2. The Hall–Kier alpha value is -3.15. The number of fused-ring (bicyclic) bond motifs is 3. The van der Waals surface area contributed by atoms with Gasteiger partial charge in [0, 0.05) is 42.3 Å². The highest BCUT2D eigenvalue weighted by Gasteiger charge is 2.12. The average molecular weight is 319 g/mol. The lowest BCUT2D eigenvalue weighted by Gasteiger charge is -2.11. The predicted octanol–water partition coefficient (Wildman–Crippen LogP) is 2.91. The van der Waals surface area contributed by atoms with Crippen molar-refractivity contribution in [3.63, 3.8) is 0 Å². The minimum Gasteiger partial charge on any atom is -0.370 e. The summed E-state index contributed by atoms with van der Waals surface area (Å²) in [6.45, 7) is 2.79. The maximum Gasteiger partial charge on any atom is 0.258 e. The van der Waals surface area contributed by atoms with Crippen LogP contribution in [0.25, 0.3) is 32.8 Å². The van der Waals surface area contributed by atoms with Crippen molar-refractivity contribution in [2.24, 2.45) is 7.05 Å². The quantitative estimate of drug-likeness (QED) is 0.569. The molecule has 0 atom stereocenters. The van der Waals surface area contributed by atoms with Crippen LogP contribution in [0.1, 0.15) is 6.92 Å². The molecule has 0 aliphatic rings. The summed E-state index contributed by atoms with van der Waals surface area (Å²) in [6.07, 6.45) is 5.41. The topological polar surface area (TPSA) is 75.6 Å². The summed E-state index contributed by atoms with van der Waals surface area (Å²) in [4.78, 5) is 19.7. The van der Waals surface area contributed by atoms with Crippen molar-refractivity contribution < 1.29 is 0 Å². The predicted molar refractivity (Wildman–Crippen MR) is 96.2 cm³/mol. The van der Waals surface area contributed by atoms with Crippen LogP contribution in [0.5, 0.6) is 0 Å². The summed E-state index contributed by atoms with van der Waals surface area (Å²) < 4.78 is 1.76. The average Bonchev–Trinajstić information content (AvgIpc) is 3.01.